The van der Waals surface area contributed by atoms with Crippen LogP contribution in [-0.2, 0) is 11.2 Å². The number of amides is 1. The van der Waals surface area contributed by atoms with Gasteiger partial charge in [0, 0.05) is 18.5 Å². The molecule has 4 nitrogen and oxygen atoms in total. The first kappa shape index (κ1) is 19.4. The van der Waals surface area contributed by atoms with Crippen LogP contribution in [0.5, 0.6) is 0 Å². The molecule has 1 fully saturated rings. The Morgan fingerprint density at radius 2 is 2.07 bits per heavy atom. The molecule has 2 aromatic carbocycles. The number of aryl methyl sites for hydroxylation is 2. The zero-order valence-electron chi connectivity index (χ0n) is 16.7. The normalized spacial score (nSPS) is 16.8. The van der Waals surface area contributed by atoms with E-state index in [-0.39, 0.29) is 17.8 Å². The number of nitrogens with zero attached hydrogens (tertiary/aromatic N) is 2. The van der Waals surface area contributed by atoms with Crippen molar-refractivity contribution in [3.8, 4) is 11.3 Å². The third kappa shape index (κ3) is 4.39. The van der Waals surface area contributed by atoms with Gasteiger partial charge in [0.25, 0.3) is 0 Å². The Morgan fingerprint density at radius 3 is 2.90 bits per heavy atom. The van der Waals surface area contributed by atoms with Crippen LogP contribution in [0.3, 0.4) is 0 Å². The number of likely N-dealkylation sites (tertiary alicyclic amines) is 1. The monoisotopic (exact) mass is 391 g/mol. The van der Waals surface area contributed by atoms with Crippen molar-refractivity contribution < 1.29 is 9.18 Å². The smallest absolute Gasteiger partial charge is 0.223 e. The Balaban J connectivity index is 1.49. The molecule has 3 aromatic rings. The number of halogens is 1. The highest BCUT2D eigenvalue weighted by molar-refractivity contribution is 5.77. The van der Waals surface area contributed by atoms with Gasteiger partial charge in [-0.1, -0.05) is 36.4 Å². The van der Waals surface area contributed by atoms with E-state index in [2.05, 4.69) is 29.0 Å². The summed E-state index contributed by atoms with van der Waals surface area (Å²) in [5.74, 6) is 0.680. The molecule has 5 heteroatoms. The fourth-order valence-electron chi connectivity index (χ4n) is 4.10. The van der Waals surface area contributed by atoms with Gasteiger partial charge in [-0.3, -0.25) is 4.79 Å². The highest BCUT2D eigenvalue weighted by Gasteiger charge is 2.29. The van der Waals surface area contributed by atoms with Crippen molar-refractivity contribution in [3.05, 3.63) is 77.5 Å². The number of hydrogen-bond acceptors (Lipinski definition) is 2. The molecule has 1 atom stereocenters. The molecule has 1 N–H and O–H groups in total. The van der Waals surface area contributed by atoms with E-state index in [4.69, 9.17) is 0 Å². The van der Waals surface area contributed by atoms with Gasteiger partial charge in [0.15, 0.2) is 0 Å². The second-order valence-corrected chi connectivity index (χ2v) is 7.72. The minimum absolute atomic E-state index is 0.0459. The Bertz CT molecular complexity index is 997. The van der Waals surface area contributed by atoms with Crippen molar-refractivity contribution in [1.29, 1.82) is 0 Å². The molecule has 0 bridgehead atoms. The molecule has 2 heterocycles. The maximum atomic E-state index is 13.5. The summed E-state index contributed by atoms with van der Waals surface area (Å²) in [6.45, 7) is 2.84. The Kier molecular flexibility index (Phi) is 5.74. The number of piperidine rings is 1. The summed E-state index contributed by atoms with van der Waals surface area (Å²) in [5, 5.41) is 0. The number of aromatic nitrogens is 2. The second kappa shape index (κ2) is 8.60. The van der Waals surface area contributed by atoms with Gasteiger partial charge in [-0.2, -0.15) is 0 Å². The van der Waals surface area contributed by atoms with Gasteiger partial charge in [0.1, 0.15) is 11.6 Å². The van der Waals surface area contributed by atoms with Crippen molar-refractivity contribution in [2.24, 2.45) is 0 Å². The molecular weight excluding hydrogens is 365 g/mol. The van der Waals surface area contributed by atoms with Crippen LogP contribution in [0.4, 0.5) is 4.39 Å². The number of nitrogens with one attached hydrogen (secondary N) is 1. The van der Waals surface area contributed by atoms with E-state index in [1.807, 2.05) is 23.1 Å². The average molecular weight is 391 g/mol. The first-order valence-corrected chi connectivity index (χ1v) is 10.3. The summed E-state index contributed by atoms with van der Waals surface area (Å²) in [7, 11) is 0. The third-order valence-corrected chi connectivity index (χ3v) is 5.74. The number of carbonyl (C=O) groups excluding carboxylic acids is 1. The standard InChI is InChI=1S/C24H26FN3O/c1-17-7-2-3-8-18(17)12-13-23(29)28-14-5-4-11-22(28)24-26-16-21(27-24)19-9-6-10-20(25)15-19/h2-3,6-10,15-16,22H,4-5,11-14H2,1H3,(H,26,27)/t22-/m1/s1. The summed E-state index contributed by atoms with van der Waals surface area (Å²) < 4.78 is 13.5. The summed E-state index contributed by atoms with van der Waals surface area (Å²) in [5.41, 5.74) is 3.98. The fourth-order valence-corrected chi connectivity index (χ4v) is 4.10. The van der Waals surface area contributed by atoms with E-state index in [1.54, 1.807) is 12.3 Å². The molecule has 0 saturated carbocycles. The van der Waals surface area contributed by atoms with Crippen LogP contribution < -0.4 is 0 Å². The van der Waals surface area contributed by atoms with E-state index in [9.17, 15) is 9.18 Å². The number of imidazole rings is 1. The minimum Gasteiger partial charge on any atom is -0.340 e. The maximum absolute atomic E-state index is 13.5. The number of rotatable bonds is 5. The molecule has 1 amide bonds. The molecule has 4 rings (SSSR count). The number of carbonyl (C=O) groups is 1. The van der Waals surface area contributed by atoms with E-state index < -0.39 is 0 Å². The van der Waals surface area contributed by atoms with E-state index in [1.165, 1.54) is 23.3 Å². The van der Waals surface area contributed by atoms with Crippen LogP contribution >= 0.6 is 0 Å². The van der Waals surface area contributed by atoms with Crippen LogP contribution in [-0.4, -0.2) is 27.3 Å². The van der Waals surface area contributed by atoms with Gasteiger partial charge in [-0.05, 0) is 55.9 Å². The van der Waals surface area contributed by atoms with E-state index >= 15 is 0 Å². The van der Waals surface area contributed by atoms with Gasteiger partial charge >= 0.3 is 0 Å². The number of H-pyrrole nitrogens is 1. The maximum Gasteiger partial charge on any atom is 0.223 e. The number of benzene rings is 2. The molecule has 0 aliphatic carbocycles. The summed E-state index contributed by atoms with van der Waals surface area (Å²) >= 11 is 0. The Morgan fingerprint density at radius 1 is 1.21 bits per heavy atom. The molecule has 0 spiro atoms. The SMILES string of the molecule is Cc1ccccc1CCC(=O)N1CCCC[C@@H]1c1ncc(-c2cccc(F)c2)[nH]1. The predicted octanol–water partition coefficient (Wildman–Crippen LogP) is 5.21. The van der Waals surface area contributed by atoms with Crippen LogP contribution in [0.2, 0.25) is 0 Å². The molecule has 0 unspecified atom stereocenters. The molecule has 29 heavy (non-hydrogen) atoms. The molecule has 150 valence electrons. The Hall–Kier alpha value is -2.95. The van der Waals surface area contributed by atoms with Crippen molar-refractivity contribution >= 4 is 5.91 Å². The van der Waals surface area contributed by atoms with Gasteiger partial charge in [0.05, 0.1) is 17.9 Å². The van der Waals surface area contributed by atoms with Gasteiger partial charge in [0.2, 0.25) is 5.91 Å². The average Bonchev–Trinajstić information content (AvgIpc) is 3.23. The Labute approximate surface area is 170 Å². The van der Waals surface area contributed by atoms with Crippen LogP contribution in [0.25, 0.3) is 11.3 Å². The molecule has 1 aromatic heterocycles. The highest BCUT2D eigenvalue weighted by atomic mass is 19.1. The van der Waals surface area contributed by atoms with E-state index in [0.29, 0.717) is 6.42 Å². The molecule has 1 saturated heterocycles. The van der Waals surface area contributed by atoms with Crippen LogP contribution in [0, 0.1) is 12.7 Å². The van der Waals surface area contributed by atoms with Crippen LogP contribution in [0.15, 0.2) is 54.7 Å². The minimum atomic E-state index is -0.274. The summed E-state index contributed by atoms with van der Waals surface area (Å²) in [6.07, 6.45) is 5.97. The summed E-state index contributed by atoms with van der Waals surface area (Å²) in [6, 6.07) is 14.6. The van der Waals surface area contributed by atoms with Crippen LogP contribution in [0.1, 0.15) is 48.7 Å². The zero-order chi connectivity index (χ0) is 20.2. The van der Waals surface area contributed by atoms with Crippen molar-refractivity contribution in [3.63, 3.8) is 0 Å². The lowest BCUT2D eigenvalue weighted by atomic mass is 9.99. The number of aromatic amines is 1. The van der Waals surface area contributed by atoms with Gasteiger partial charge < -0.3 is 9.88 Å². The lowest BCUT2D eigenvalue weighted by Crippen LogP contribution is -2.39. The van der Waals surface area contributed by atoms with E-state index in [0.717, 1.165) is 49.3 Å². The highest BCUT2D eigenvalue weighted by Crippen LogP contribution is 2.31. The largest absolute Gasteiger partial charge is 0.340 e. The summed E-state index contributed by atoms with van der Waals surface area (Å²) in [4.78, 5) is 22.9. The first-order valence-electron chi connectivity index (χ1n) is 10.3. The van der Waals surface area contributed by atoms with Gasteiger partial charge in [-0.25, -0.2) is 9.37 Å². The lowest BCUT2D eigenvalue weighted by Gasteiger charge is -2.34. The van der Waals surface area contributed by atoms with Crippen molar-refractivity contribution in [2.45, 2.75) is 45.1 Å². The van der Waals surface area contributed by atoms with Crippen molar-refractivity contribution in [2.75, 3.05) is 6.54 Å². The topological polar surface area (TPSA) is 49.0 Å². The lowest BCUT2D eigenvalue weighted by molar-refractivity contribution is -0.135. The molecular formula is C24H26FN3O. The second-order valence-electron chi connectivity index (χ2n) is 7.72. The van der Waals surface area contributed by atoms with Gasteiger partial charge in [-0.15, -0.1) is 0 Å². The molecule has 1 aliphatic heterocycles. The fraction of sp³-hybridized carbons (Fsp3) is 0.333. The number of hydrogen-bond donors (Lipinski definition) is 1. The quantitative estimate of drug-likeness (QED) is 0.649. The van der Waals surface area contributed by atoms with Crippen molar-refractivity contribution in [1.82, 2.24) is 14.9 Å². The third-order valence-electron chi connectivity index (χ3n) is 5.74. The predicted molar refractivity (Wildman–Crippen MR) is 112 cm³/mol. The first-order chi connectivity index (χ1) is 14.1. The molecule has 1 aliphatic rings. The molecule has 0 radical (unpaired) electrons. The zero-order valence-corrected chi connectivity index (χ0v) is 16.7.